The van der Waals surface area contributed by atoms with Crippen molar-refractivity contribution in [2.45, 2.75) is 45.5 Å². The maximum absolute atomic E-state index is 12.5. The van der Waals surface area contributed by atoms with E-state index in [9.17, 15) is 4.79 Å². The van der Waals surface area contributed by atoms with Crippen molar-refractivity contribution < 1.29 is 9.53 Å². The molecule has 0 spiro atoms. The van der Waals surface area contributed by atoms with Gasteiger partial charge in [0.25, 0.3) is 0 Å². The average Bonchev–Trinajstić information content (AvgIpc) is 3.11. The molecule has 0 aliphatic carbocycles. The summed E-state index contributed by atoms with van der Waals surface area (Å²) in [6.45, 7) is 12.3. The Morgan fingerprint density at radius 1 is 1.22 bits per heavy atom. The third-order valence-electron chi connectivity index (χ3n) is 4.73. The quantitative estimate of drug-likeness (QED) is 0.311. The summed E-state index contributed by atoms with van der Waals surface area (Å²) in [4.78, 5) is 12.5. The van der Waals surface area contributed by atoms with Gasteiger partial charge in [0, 0.05) is 17.3 Å². The van der Waals surface area contributed by atoms with Crippen LogP contribution in [-0.4, -0.2) is 26.4 Å². The maximum atomic E-state index is 12.5. The van der Waals surface area contributed by atoms with Crippen molar-refractivity contribution in [3.63, 3.8) is 0 Å². The lowest BCUT2D eigenvalue weighted by Crippen LogP contribution is -2.16. The van der Waals surface area contributed by atoms with Crippen LogP contribution in [0.4, 0.5) is 5.69 Å². The molecule has 168 valence electrons. The number of hydrogen-bond donors (Lipinski definition) is 1. The van der Waals surface area contributed by atoms with E-state index in [1.807, 2.05) is 50.5 Å². The molecule has 3 rings (SSSR count). The first-order valence-electron chi connectivity index (χ1n) is 10.2. The lowest BCUT2D eigenvalue weighted by atomic mass is 10.1. The Kier molecular flexibility index (Phi) is 7.99. The zero-order valence-electron chi connectivity index (χ0n) is 18.7. The highest BCUT2D eigenvalue weighted by Crippen LogP contribution is 2.26. The Bertz CT molecular complexity index is 1110. The van der Waals surface area contributed by atoms with E-state index >= 15 is 0 Å². The van der Waals surface area contributed by atoms with Gasteiger partial charge in [-0.2, -0.15) is 0 Å². The van der Waals surface area contributed by atoms with Crippen LogP contribution in [0.1, 0.15) is 35.5 Å². The molecule has 0 aliphatic rings. The zero-order chi connectivity index (χ0) is 23.3. The summed E-state index contributed by atoms with van der Waals surface area (Å²) < 4.78 is 8.05. The molecule has 3 aromatic rings. The molecule has 1 aromatic heterocycles. The number of anilines is 1. The largest absolute Gasteiger partial charge is 0.483 e. The van der Waals surface area contributed by atoms with Gasteiger partial charge in [0.05, 0.1) is 5.75 Å². The summed E-state index contributed by atoms with van der Waals surface area (Å²) >= 11 is 7.35. The fourth-order valence-corrected chi connectivity index (χ4v) is 4.24. The summed E-state index contributed by atoms with van der Waals surface area (Å²) in [5.74, 6) is 1.51. The summed E-state index contributed by atoms with van der Waals surface area (Å²) in [5, 5.41) is 12.7. The number of nitrogens with zero attached hydrogens (tertiary/aromatic N) is 3. The van der Waals surface area contributed by atoms with Crippen molar-refractivity contribution >= 4 is 35.0 Å². The number of aryl methyl sites for hydroxylation is 3. The van der Waals surface area contributed by atoms with E-state index in [2.05, 4.69) is 28.2 Å². The number of hydrogen-bond acceptors (Lipinski definition) is 5. The number of rotatable bonds is 9. The number of carbonyl (C=O) groups excluding carboxylic acids is 1. The first kappa shape index (κ1) is 23.9. The molecule has 0 bridgehead atoms. The van der Waals surface area contributed by atoms with Gasteiger partial charge in [0.15, 0.2) is 17.1 Å². The second kappa shape index (κ2) is 10.7. The predicted molar refractivity (Wildman–Crippen MR) is 131 cm³/mol. The van der Waals surface area contributed by atoms with Crippen molar-refractivity contribution in [2.24, 2.45) is 0 Å². The van der Waals surface area contributed by atoms with E-state index in [0.717, 1.165) is 22.4 Å². The maximum Gasteiger partial charge on any atom is 0.234 e. The van der Waals surface area contributed by atoms with Gasteiger partial charge in [-0.05, 0) is 68.7 Å². The smallest absolute Gasteiger partial charge is 0.234 e. The number of ether oxygens (including phenoxy) is 1. The predicted octanol–water partition coefficient (Wildman–Crippen LogP) is 5.91. The Morgan fingerprint density at radius 3 is 2.62 bits per heavy atom. The first-order valence-corrected chi connectivity index (χ1v) is 11.6. The van der Waals surface area contributed by atoms with Crippen molar-refractivity contribution in [1.82, 2.24) is 14.8 Å². The van der Waals surface area contributed by atoms with Crippen LogP contribution in [0.25, 0.3) is 0 Å². The van der Waals surface area contributed by atoms with Crippen LogP contribution in [0.15, 0.2) is 54.2 Å². The number of carbonyl (C=O) groups is 1. The van der Waals surface area contributed by atoms with Gasteiger partial charge in [-0.1, -0.05) is 41.6 Å². The number of aromatic nitrogens is 3. The van der Waals surface area contributed by atoms with Gasteiger partial charge in [-0.15, -0.1) is 16.8 Å². The minimum Gasteiger partial charge on any atom is -0.483 e. The van der Waals surface area contributed by atoms with E-state index in [-0.39, 0.29) is 17.8 Å². The second-order valence-corrected chi connectivity index (χ2v) is 9.00. The SMILES string of the molecule is C=CCn1c(SCC(=O)Nc2cc(Cl)ccc2C)nnc1C(C)Oc1cc(C)cc(C)c1. The molecule has 8 heteroatoms. The number of amides is 1. The second-order valence-electron chi connectivity index (χ2n) is 7.62. The van der Waals surface area contributed by atoms with Crippen molar-refractivity contribution in [3.8, 4) is 5.75 Å². The van der Waals surface area contributed by atoms with E-state index in [1.165, 1.54) is 11.8 Å². The number of halogens is 1. The number of nitrogens with one attached hydrogen (secondary N) is 1. The van der Waals surface area contributed by atoms with Gasteiger partial charge in [-0.25, -0.2) is 0 Å². The summed E-state index contributed by atoms with van der Waals surface area (Å²) in [5.41, 5.74) is 3.92. The first-order chi connectivity index (χ1) is 15.3. The molecule has 0 fully saturated rings. The zero-order valence-corrected chi connectivity index (χ0v) is 20.3. The van der Waals surface area contributed by atoms with Crippen molar-refractivity contribution in [2.75, 3.05) is 11.1 Å². The van der Waals surface area contributed by atoms with Crippen LogP contribution in [0, 0.1) is 20.8 Å². The minimum absolute atomic E-state index is 0.144. The molecule has 2 aromatic carbocycles. The van der Waals surface area contributed by atoms with Gasteiger partial charge >= 0.3 is 0 Å². The van der Waals surface area contributed by atoms with E-state index in [0.29, 0.717) is 28.2 Å². The highest BCUT2D eigenvalue weighted by Gasteiger charge is 2.20. The molecule has 0 saturated heterocycles. The minimum atomic E-state index is -0.319. The lowest BCUT2D eigenvalue weighted by molar-refractivity contribution is -0.113. The third-order valence-corrected chi connectivity index (χ3v) is 5.94. The monoisotopic (exact) mass is 470 g/mol. The molecular weight excluding hydrogens is 444 g/mol. The number of thioether (sulfide) groups is 1. The normalized spacial score (nSPS) is 11.8. The van der Waals surface area contributed by atoms with E-state index in [1.54, 1.807) is 18.2 Å². The summed E-state index contributed by atoms with van der Waals surface area (Å²) in [7, 11) is 0. The Labute approximate surface area is 198 Å². The molecule has 1 unspecified atom stereocenters. The van der Waals surface area contributed by atoms with Crippen LogP contribution in [0.5, 0.6) is 5.75 Å². The lowest BCUT2D eigenvalue weighted by Gasteiger charge is -2.16. The van der Waals surface area contributed by atoms with Gasteiger partial charge in [0.2, 0.25) is 5.91 Å². The molecular formula is C24H27ClN4O2S. The number of benzene rings is 2. The fraction of sp³-hybridized carbons (Fsp3) is 0.292. The molecule has 1 atom stereocenters. The molecule has 0 radical (unpaired) electrons. The molecule has 32 heavy (non-hydrogen) atoms. The summed E-state index contributed by atoms with van der Waals surface area (Å²) in [6.07, 6.45) is 1.46. The topological polar surface area (TPSA) is 69.0 Å². The molecule has 1 heterocycles. The van der Waals surface area contributed by atoms with Gasteiger partial charge in [0.1, 0.15) is 5.75 Å². The van der Waals surface area contributed by atoms with Crippen LogP contribution in [-0.2, 0) is 11.3 Å². The Morgan fingerprint density at radius 2 is 1.94 bits per heavy atom. The summed E-state index contributed by atoms with van der Waals surface area (Å²) in [6, 6.07) is 11.5. The Hall–Kier alpha value is -2.77. The highest BCUT2D eigenvalue weighted by molar-refractivity contribution is 7.99. The van der Waals surface area contributed by atoms with Gasteiger partial charge < -0.3 is 10.1 Å². The van der Waals surface area contributed by atoms with Crippen LogP contribution >= 0.6 is 23.4 Å². The van der Waals surface area contributed by atoms with Crippen LogP contribution < -0.4 is 10.1 Å². The standard InChI is InChI=1S/C24H27ClN4O2S/c1-6-9-29-23(18(5)31-20-11-15(2)10-16(3)12-20)27-28-24(29)32-14-22(30)26-21-13-19(25)8-7-17(21)4/h6-8,10-13,18H,1,9,14H2,2-5H3,(H,26,30). The highest BCUT2D eigenvalue weighted by atomic mass is 35.5. The van der Waals surface area contributed by atoms with E-state index in [4.69, 9.17) is 16.3 Å². The molecule has 0 aliphatic heterocycles. The van der Waals surface area contributed by atoms with E-state index < -0.39 is 0 Å². The third kappa shape index (κ3) is 6.14. The molecule has 1 N–H and O–H groups in total. The Balaban J connectivity index is 1.70. The van der Waals surface area contributed by atoms with Crippen LogP contribution in [0.3, 0.4) is 0 Å². The van der Waals surface area contributed by atoms with Crippen molar-refractivity contribution in [1.29, 1.82) is 0 Å². The fourth-order valence-electron chi connectivity index (χ4n) is 3.31. The van der Waals surface area contributed by atoms with Crippen LogP contribution in [0.2, 0.25) is 5.02 Å². The molecule has 1 amide bonds. The van der Waals surface area contributed by atoms with Gasteiger partial charge in [-0.3, -0.25) is 9.36 Å². The number of allylic oxidation sites excluding steroid dienone is 1. The van der Waals surface area contributed by atoms with Crippen molar-refractivity contribution in [3.05, 3.63) is 76.6 Å². The molecule has 6 nitrogen and oxygen atoms in total. The average molecular weight is 471 g/mol. The molecule has 0 saturated carbocycles.